The van der Waals surface area contributed by atoms with Crippen LogP contribution in [0.2, 0.25) is 0 Å². The van der Waals surface area contributed by atoms with E-state index in [2.05, 4.69) is 95.1 Å². The normalized spacial score (nSPS) is 11.5. The smallest absolute Gasteiger partial charge is 0.0429 e. The molecule has 0 bridgehead atoms. The molecule has 0 radical (unpaired) electrons. The Morgan fingerprint density at radius 2 is 1.28 bits per heavy atom. The summed E-state index contributed by atoms with van der Waals surface area (Å²) in [7, 11) is 0. The first-order chi connectivity index (χ1) is 11.7. The van der Waals surface area contributed by atoms with Gasteiger partial charge in [0.25, 0.3) is 0 Å². The molecule has 0 aliphatic rings. The standard InChI is InChI=1S/C23H34N2/c1-17-11-8-12-18(2)21(17)24-15-10-16-25(23(5,6)7)22-19(3)13-9-14-20(22)4/h8-9,11-14,24H,10,15-16H2,1-7H3. The molecule has 2 rings (SSSR count). The Bertz CT molecular complexity index is 670. The highest BCUT2D eigenvalue weighted by Crippen LogP contribution is 2.30. The summed E-state index contributed by atoms with van der Waals surface area (Å²) in [5.41, 5.74) is 8.15. The fourth-order valence-corrected chi connectivity index (χ4v) is 3.56. The summed E-state index contributed by atoms with van der Waals surface area (Å²) in [5.74, 6) is 0. The molecule has 0 atom stereocenters. The molecular formula is C23H34N2. The molecule has 0 aromatic heterocycles. The predicted molar refractivity (Wildman–Crippen MR) is 112 cm³/mol. The minimum Gasteiger partial charge on any atom is -0.385 e. The first-order valence-corrected chi connectivity index (χ1v) is 9.36. The fourth-order valence-electron chi connectivity index (χ4n) is 3.56. The van der Waals surface area contributed by atoms with Gasteiger partial charge >= 0.3 is 0 Å². The number of anilines is 2. The van der Waals surface area contributed by atoms with E-state index in [-0.39, 0.29) is 5.54 Å². The molecule has 2 nitrogen and oxygen atoms in total. The van der Waals surface area contributed by atoms with Crippen LogP contribution in [0.25, 0.3) is 0 Å². The number of hydrogen-bond donors (Lipinski definition) is 1. The van der Waals surface area contributed by atoms with Gasteiger partial charge in [-0.2, -0.15) is 0 Å². The number of nitrogens with one attached hydrogen (secondary N) is 1. The molecule has 0 spiro atoms. The third-order valence-electron chi connectivity index (χ3n) is 4.86. The van der Waals surface area contributed by atoms with Crippen molar-refractivity contribution in [3.8, 4) is 0 Å². The molecule has 2 aromatic rings. The lowest BCUT2D eigenvalue weighted by Gasteiger charge is -2.40. The minimum atomic E-state index is 0.107. The quantitative estimate of drug-likeness (QED) is 0.647. The van der Waals surface area contributed by atoms with E-state index in [1.165, 1.54) is 33.6 Å². The van der Waals surface area contributed by atoms with Gasteiger partial charge in [0.1, 0.15) is 0 Å². The van der Waals surface area contributed by atoms with E-state index in [1.54, 1.807) is 0 Å². The Morgan fingerprint density at radius 3 is 1.76 bits per heavy atom. The molecule has 0 amide bonds. The number of hydrogen-bond acceptors (Lipinski definition) is 2. The van der Waals surface area contributed by atoms with Crippen LogP contribution in [0.4, 0.5) is 11.4 Å². The summed E-state index contributed by atoms with van der Waals surface area (Å²) in [6, 6.07) is 13.1. The zero-order valence-corrected chi connectivity index (χ0v) is 17.0. The molecule has 2 heteroatoms. The maximum atomic E-state index is 3.64. The van der Waals surface area contributed by atoms with E-state index < -0.39 is 0 Å². The topological polar surface area (TPSA) is 15.3 Å². The Morgan fingerprint density at radius 1 is 0.800 bits per heavy atom. The lowest BCUT2D eigenvalue weighted by Crippen LogP contribution is -2.43. The molecule has 2 aromatic carbocycles. The molecule has 0 fully saturated rings. The van der Waals surface area contributed by atoms with Gasteiger partial charge in [0.15, 0.2) is 0 Å². The number of benzene rings is 2. The van der Waals surface area contributed by atoms with Gasteiger partial charge in [-0.1, -0.05) is 36.4 Å². The summed E-state index contributed by atoms with van der Waals surface area (Å²) >= 11 is 0. The van der Waals surface area contributed by atoms with Crippen molar-refractivity contribution in [3.05, 3.63) is 58.7 Å². The molecule has 1 N–H and O–H groups in total. The van der Waals surface area contributed by atoms with E-state index in [0.717, 1.165) is 19.5 Å². The Balaban J connectivity index is 2.07. The molecule has 0 aliphatic heterocycles. The Hall–Kier alpha value is -1.96. The predicted octanol–water partition coefficient (Wildman–Crippen LogP) is 6.03. The van der Waals surface area contributed by atoms with Crippen LogP contribution in [0.5, 0.6) is 0 Å². The lowest BCUT2D eigenvalue weighted by atomic mass is 9.99. The van der Waals surface area contributed by atoms with Crippen LogP contribution >= 0.6 is 0 Å². The van der Waals surface area contributed by atoms with E-state index in [4.69, 9.17) is 0 Å². The Kier molecular flexibility index (Phi) is 6.16. The minimum absolute atomic E-state index is 0.107. The number of nitrogens with zero attached hydrogens (tertiary/aromatic N) is 1. The highest BCUT2D eigenvalue weighted by atomic mass is 15.2. The number of para-hydroxylation sites is 2. The van der Waals surface area contributed by atoms with Crippen LogP contribution in [0.3, 0.4) is 0 Å². The number of rotatable bonds is 6. The van der Waals surface area contributed by atoms with Gasteiger partial charge < -0.3 is 10.2 Å². The van der Waals surface area contributed by atoms with Crippen molar-refractivity contribution >= 4 is 11.4 Å². The molecule has 25 heavy (non-hydrogen) atoms. The van der Waals surface area contributed by atoms with Crippen molar-refractivity contribution in [2.24, 2.45) is 0 Å². The van der Waals surface area contributed by atoms with E-state index in [1.807, 2.05) is 0 Å². The average Bonchev–Trinajstić information content (AvgIpc) is 2.50. The zero-order chi connectivity index (χ0) is 18.6. The SMILES string of the molecule is Cc1cccc(C)c1NCCCN(c1c(C)cccc1C)C(C)(C)C. The van der Waals surface area contributed by atoms with Crippen LogP contribution in [0.1, 0.15) is 49.4 Å². The van der Waals surface area contributed by atoms with Gasteiger partial charge in [0.2, 0.25) is 0 Å². The monoisotopic (exact) mass is 338 g/mol. The van der Waals surface area contributed by atoms with Gasteiger partial charge in [-0.15, -0.1) is 0 Å². The highest BCUT2D eigenvalue weighted by Gasteiger charge is 2.23. The first kappa shape index (κ1) is 19.4. The van der Waals surface area contributed by atoms with Crippen molar-refractivity contribution in [2.75, 3.05) is 23.3 Å². The van der Waals surface area contributed by atoms with Gasteiger partial charge in [0, 0.05) is 30.0 Å². The van der Waals surface area contributed by atoms with E-state index >= 15 is 0 Å². The second kappa shape index (κ2) is 7.95. The first-order valence-electron chi connectivity index (χ1n) is 9.36. The maximum absolute atomic E-state index is 3.64. The molecule has 0 heterocycles. The van der Waals surface area contributed by atoms with Crippen LogP contribution in [0.15, 0.2) is 36.4 Å². The number of aryl methyl sites for hydroxylation is 4. The molecular weight excluding hydrogens is 304 g/mol. The molecule has 0 unspecified atom stereocenters. The zero-order valence-electron chi connectivity index (χ0n) is 17.0. The van der Waals surface area contributed by atoms with Crippen molar-refractivity contribution < 1.29 is 0 Å². The van der Waals surface area contributed by atoms with Gasteiger partial charge in [-0.25, -0.2) is 0 Å². The van der Waals surface area contributed by atoms with Gasteiger partial charge in [0.05, 0.1) is 0 Å². The molecule has 0 saturated heterocycles. The molecule has 0 aliphatic carbocycles. The van der Waals surface area contributed by atoms with Crippen molar-refractivity contribution in [3.63, 3.8) is 0 Å². The van der Waals surface area contributed by atoms with E-state index in [0.29, 0.717) is 0 Å². The maximum Gasteiger partial charge on any atom is 0.0429 e. The summed E-state index contributed by atoms with van der Waals surface area (Å²) in [4.78, 5) is 2.56. The van der Waals surface area contributed by atoms with Crippen LogP contribution in [-0.2, 0) is 0 Å². The fraction of sp³-hybridized carbons (Fsp3) is 0.478. The van der Waals surface area contributed by atoms with Crippen LogP contribution in [0, 0.1) is 27.7 Å². The third kappa shape index (κ3) is 4.78. The molecule has 0 saturated carbocycles. The summed E-state index contributed by atoms with van der Waals surface area (Å²) in [6.07, 6.45) is 1.11. The van der Waals surface area contributed by atoms with Crippen LogP contribution < -0.4 is 10.2 Å². The highest BCUT2D eigenvalue weighted by molar-refractivity contribution is 5.60. The van der Waals surface area contributed by atoms with Gasteiger partial charge in [-0.3, -0.25) is 0 Å². The summed E-state index contributed by atoms with van der Waals surface area (Å²) in [5, 5.41) is 3.64. The van der Waals surface area contributed by atoms with E-state index in [9.17, 15) is 0 Å². The lowest BCUT2D eigenvalue weighted by molar-refractivity contribution is 0.497. The van der Waals surface area contributed by atoms with Crippen molar-refractivity contribution in [1.82, 2.24) is 0 Å². The Labute approximate surface area is 154 Å². The largest absolute Gasteiger partial charge is 0.385 e. The summed E-state index contributed by atoms with van der Waals surface area (Å²) < 4.78 is 0. The van der Waals surface area contributed by atoms with Crippen LogP contribution in [-0.4, -0.2) is 18.6 Å². The van der Waals surface area contributed by atoms with Crippen molar-refractivity contribution in [1.29, 1.82) is 0 Å². The van der Waals surface area contributed by atoms with Crippen molar-refractivity contribution in [2.45, 2.75) is 60.4 Å². The summed E-state index contributed by atoms with van der Waals surface area (Å²) in [6.45, 7) is 17.7. The molecule has 136 valence electrons. The van der Waals surface area contributed by atoms with Gasteiger partial charge in [-0.05, 0) is 77.1 Å². The average molecular weight is 339 g/mol. The second-order valence-corrected chi connectivity index (χ2v) is 8.11. The third-order valence-corrected chi connectivity index (χ3v) is 4.86. The second-order valence-electron chi connectivity index (χ2n) is 8.11.